The molecule has 2 aromatic rings. The van der Waals surface area contributed by atoms with Crippen LogP contribution in [0.3, 0.4) is 0 Å². The molecular weight excluding hydrogens is 257 g/mol. The first-order chi connectivity index (χ1) is 9.67. The zero-order valence-electron chi connectivity index (χ0n) is 11.9. The van der Waals surface area contributed by atoms with Crippen LogP contribution in [0.2, 0.25) is 0 Å². The van der Waals surface area contributed by atoms with E-state index >= 15 is 0 Å². The molecule has 0 amide bonds. The SMILES string of the molecule is CCNc1nc(C(OC)c2ccccc2)nc(C)c1F. The highest BCUT2D eigenvalue weighted by Gasteiger charge is 2.20. The lowest BCUT2D eigenvalue weighted by atomic mass is 10.1. The monoisotopic (exact) mass is 275 g/mol. The van der Waals surface area contributed by atoms with Gasteiger partial charge in [0.1, 0.15) is 6.10 Å². The molecule has 0 aliphatic heterocycles. The van der Waals surface area contributed by atoms with E-state index in [0.717, 1.165) is 5.56 Å². The Morgan fingerprint density at radius 2 is 1.95 bits per heavy atom. The van der Waals surface area contributed by atoms with Gasteiger partial charge in [0, 0.05) is 13.7 Å². The van der Waals surface area contributed by atoms with Crippen LogP contribution < -0.4 is 5.32 Å². The predicted octanol–water partition coefficient (Wildman–Crippen LogP) is 3.09. The Labute approximate surface area is 118 Å². The number of nitrogens with one attached hydrogen (secondary N) is 1. The fraction of sp³-hybridized carbons (Fsp3) is 0.333. The van der Waals surface area contributed by atoms with E-state index < -0.39 is 11.9 Å². The minimum absolute atomic E-state index is 0.216. The first-order valence-corrected chi connectivity index (χ1v) is 6.53. The number of aromatic nitrogens is 2. The highest BCUT2D eigenvalue weighted by Crippen LogP contribution is 2.25. The second-order valence-corrected chi connectivity index (χ2v) is 4.39. The van der Waals surface area contributed by atoms with Crippen LogP contribution in [0.15, 0.2) is 30.3 Å². The van der Waals surface area contributed by atoms with E-state index in [1.807, 2.05) is 37.3 Å². The van der Waals surface area contributed by atoms with Crippen molar-refractivity contribution < 1.29 is 9.13 Å². The van der Waals surface area contributed by atoms with E-state index in [4.69, 9.17) is 4.74 Å². The van der Waals surface area contributed by atoms with Gasteiger partial charge in [-0.15, -0.1) is 0 Å². The van der Waals surface area contributed by atoms with Crippen LogP contribution in [-0.4, -0.2) is 23.6 Å². The number of hydrogen-bond donors (Lipinski definition) is 1. The van der Waals surface area contributed by atoms with Gasteiger partial charge in [-0.3, -0.25) is 0 Å². The Hall–Kier alpha value is -2.01. The minimum Gasteiger partial charge on any atom is -0.369 e. The van der Waals surface area contributed by atoms with Crippen LogP contribution in [0.25, 0.3) is 0 Å². The van der Waals surface area contributed by atoms with E-state index in [0.29, 0.717) is 18.1 Å². The molecule has 106 valence electrons. The van der Waals surface area contributed by atoms with Gasteiger partial charge in [-0.05, 0) is 19.4 Å². The van der Waals surface area contributed by atoms with Gasteiger partial charge in [0.25, 0.3) is 0 Å². The third-order valence-electron chi connectivity index (χ3n) is 2.95. The molecule has 0 saturated carbocycles. The standard InChI is InChI=1S/C15H18FN3O/c1-4-17-14-12(16)10(2)18-15(19-14)13(20-3)11-8-6-5-7-9-11/h5-9,13H,4H2,1-3H3,(H,17,18,19). The van der Waals surface area contributed by atoms with Crippen LogP contribution in [0.4, 0.5) is 10.2 Å². The summed E-state index contributed by atoms with van der Waals surface area (Å²) in [6.07, 6.45) is -0.409. The van der Waals surface area contributed by atoms with Gasteiger partial charge in [0.05, 0.1) is 5.69 Å². The van der Waals surface area contributed by atoms with E-state index in [1.165, 1.54) is 0 Å². The summed E-state index contributed by atoms with van der Waals surface area (Å²) >= 11 is 0. The van der Waals surface area contributed by atoms with Crippen molar-refractivity contribution >= 4 is 5.82 Å². The van der Waals surface area contributed by atoms with Crippen molar-refractivity contribution in [2.45, 2.75) is 20.0 Å². The largest absolute Gasteiger partial charge is 0.369 e. The van der Waals surface area contributed by atoms with Crippen molar-refractivity contribution in [1.82, 2.24) is 9.97 Å². The van der Waals surface area contributed by atoms with Crippen molar-refractivity contribution in [1.29, 1.82) is 0 Å². The van der Waals surface area contributed by atoms with Gasteiger partial charge in [-0.2, -0.15) is 0 Å². The molecule has 5 heteroatoms. The molecule has 1 heterocycles. The first kappa shape index (κ1) is 14.4. The summed E-state index contributed by atoms with van der Waals surface area (Å²) < 4.78 is 19.4. The molecule has 1 unspecified atom stereocenters. The lowest BCUT2D eigenvalue weighted by Gasteiger charge is -2.16. The first-order valence-electron chi connectivity index (χ1n) is 6.53. The van der Waals surface area contributed by atoms with E-state index in [1.54, 1.807) is 14.0 Å². The zero-order valence-corrected chi connectivity index (χ0v) is 11.9. The second kappa shape index (κ2) is 6.43. The third-order valence-corrected chi connectivity index (χ3v) is 2.95. The molecule has 0 aliphatic rings. The van der Waals surface area contributed by atoms with E-state index in [9.17, 15) is 4.39 Å². The van der Waals surface area contributed by atoms with Crippen molar-refractivity contribution in [2.24, 2.45) is 0 Å². The van der Waals surface area contributed by atoms with Crippen molar-refractivity contribution in [3.8, 4) is 0 Å². The fourth-order valence-electron chi connectivity index (χ4n) is 2.00. The van der Waals surface area contributed by atoms with Crippen LogP contribution in [0.1, 0.15) is 30.1 Å². The summed E-state index contributed by atoms with van der Waals surface area (Å²) in [5.74, 6) is 0.250. The third kappa shape index (κ3) is 2.93. The number of aryl methyl sites for hydroxylation is 1. The molecule has 20 heavy (non-hydrogen) atoms. The molecule has 0 fully saturated rings. The molecule has 1 N–H and O–H groups in total. The lowest BCUT2D eigenvalue weighted by molar-refractivity contribution is 0.128. The average Bonchev–Trinajstić information content (AvgIpc) is 2.46. The number of anilines is 1. The Morgan fingerprint density at radius 3 is 2.55 bits per heavy atom. The summed E-state index contributed by atoms with van der Waals surface area (Å²) in [6, 6.07) is 9.63. The summed E-state index contributed by atoms with van der Waals surface area (Å²) in [5.41, 5.74) is 1.24. The minimum atomic E-state index is -0.418. The van der Waals surface area contributed by atoms with Crippen molar-refractivity contribution in [3.63, 3.8) is 0 Å². The number of nitrogens with zero attached hydrogens (tertiary/aromatic N) is 2. The molecule has 0 aliphatic carbocycles. The molecule has 0 saturated heterocycles. The molecule has 4 nitrogen and oxygen atoms in total. The average molecular weight is 275 g/mol. The number of benzene rings is 1. The Bertz CT molecular complexity index is 575. The Kier molecular flexibility index (Phi) is 4.63. The summed E-state index contributed by atoms with van der Waals surface area (Å²) in [6.45, 7) is 4.11. The van der Waals surface area contributed by atoms with E-state index in [2.05, 4.69) is 15.3 Å². The molecule has 0 spiro atoms. The van der Waals surface area contributed by atoms with Gasteiger partial charge in [0.15, 0.2) is 17.5 Å². The number of methoxy groups -OCH3 is 1. The van der Waals surface area contributed by atoms with Crippen LogP contribution >= 0.6 is 0 Å². The van der Waals surface area contributed by atoms with Crippen molar-refractivity contribution in [3.05, 3.63) is 53.2 Å². The molecule has 2 rings (SSSR count). The number of halogens is 1. The maximum atomic E-state index is 13.9. The molecular formula is C15H18FN3O. The van der Waals surface area contributed by atoms with Gasteiger partial charge in [-0.1, -0.05) is 30.3 Å². The Balaban J connectivity index is 2.45. The van der Waals surface area contributed by atoms with Crippen LogP contribution in [0.5, 0.6) is 0 Å². The van der Waals surface area contributed by atoms with Crippen LogP contribution in [0, 0.1) is 12.7 Å². The van der Waals surface area contributed by atoms with Gasteiger partial charge < -0.3 is 10.1 Å². The smallest absolute Gasteiger partial charge is 0.186 e. The number of rotatable bonds is 5. The quantitative estimate of drug-likeness (QED) is 0.911. The molecule has 0 bridgehead atoms. The number of hydrogen-bond acceptors (Lipinski definition) is 4. The van der Waals surface area contributed by atoms with Crippen LogP contribution in [-0.2, 0) is 4.74 Å². The summed E-state index contributed by atoms with van der Waals surface area (Å²) in [5, 5.41) is 2.91. The summed E-state index contributed by atoms with van der Waals surface area (Å²) in [7, 11) is 1.59. The molecule has 0 radical (unpaired) electrons. The number of ether oxygens (including phenoxy) is 1. The zero-order chi connectivity index (χ0) is 14.5. The molecule has 1 aromatic heterocycles. The van der Waals surface area contributed by atoms with E-state index in [-0.39, 0.29) is 5.82 Å². The van der Waals surface area contributed by atoms with Crippen molar-refractivity contribution in [2.75, 3.05) is 19.0 Å². The molecule has 1 aromatic carbocycles. The Morgan fingerprint density at radius 1 is 1.25 bits per heavy atom. The molecule has 1 atom stereocenters. The normalized spacial score (nSPS) is 12.2. The maximum Gasteiger partial charge on any atom is 0.186 e. The fourth-order valence-corrected chi connectivity index (χ4v) is 2.00. The summed E-state index contributed by atoms with van der Waals surface area (Å²) in [4.78, 5) is 8.46. The van der Waals surface area contributed by atoms with Gasteiger partial charge >= 0.3 is 0 Å². The lowest BCUT2D eigenvalue weighted by Crippen LogP contribution is -2.13. The second-order valence-electron chi connectivity index (χ2n) is 4.39. The highest BCUT2D eigenvalue weighted by molar-refractivity contribution is 5.39. The van der Waals surface area contributed by atoms with Gasteiger partial charge in [0.2, 0.25) is 0 Å². The maximum absolute atomic E-state index is 13.9. The van der Waals surface area contributed by atoms with Gasteiger partial charge in [-0.25, -0.2) is 14.4 Å². The topological polar surface area (TPSA) is 47.0 Å². The predicted molar refractivity (Wildman–Crippen MR) is 76.2 cm³/mol. The highest BCUT2D eigenvalue weighted by atomic mass is 19.1.